The fourth-order valence-corrected chi connectivity index (χ4v) is 2.83. The van der Waals surface area contributed by atoms with Crippen molar-refractivity contribution < 1.29 is 13.0 Å². The molecule has 0 aliphatic heterocycles. The first kappa shape index (κ1) is 15.4. The Morgan fingerprint density at radius 2 is 2.15 bits per heavy atom. The van der Waals surface area contributed by atoms with Crippen LogP contribution in [0.25, 0.3) is 11.0 Å². The number of hydrogen-bond acceptors (Lipinski definition) is 2. The van der Waals surface area contributed by atoms with E-state index >= 15 is 0 Å². The van der Waals surface area contributed by atoms with Gasteiger partial charge in [0.15, 0.2) is 11.6 Å². The van der Waals surface area contributed by atoms with E-state index in [0.717, 1.165) is 6.07 Å². The van der Waals surface area contributed by atoms with Crippen LogP contribution < -0.4 is 0 Å². The number of aryl methyl sites for hydroxylation is 1. The molecule has 1 aromatic heterocycles. The van der Waals surface area contributed by atoms with Crippen molar-refractivity contribution in [2.75, 3.05) is 12.0 Å². The maximum absolute atomic E-state index is 14.0. The van der Waals surface area contributed by atoms with Gasteiger partial charge < -0.3 is 4.57 Å². The molecule has 0 N–H and O–H groups in total. The Labute approximate surface area is 123 Å². The van der Waals surface area contributed by atoms with Gasteiger partial charge >= 0.3 is 0 Å². The first-order valence-electron chi connectivity index (χ1n) is 6.20. The van der Waals surface area contributed by atoms with Gasteiger partial charge in [-0.25, -0.2) is 13.8 Å². The van der Waals surface area contributed by atoms with E-state index in [0.29, 0.717) is 30.1 Å². The second kappa shape index (κ2) is 6.18. The first-order valence-corrected chi connectivity index (χ1v) is 8.36. The van der Waals surface area contributed by atoms with Crippen LogP contribution in [-0.2, 0) is 17.3 Å². The third-order valence-corrected chi connectivity index (χ3v) is 4.06. The van der Waals surface area contributed by atoms with Crippen LogP contribution in [0.4, 0.5) is 8.78 Å². The van der Waals surface area contributed by atoms with Crippen molar-refractivity contribution in [2.24, 2.45) is 0 Å². The molecule has 0 bridgehead atoms. The number of aromatic nitrogens is 2. The van der Waals surface area contributed by atoms with E-state index in [-0.39, 0.29) is 5.52 Å². The van der Waals surface area contributed by atoms with Crippen molar-refractivity contribution in [1.82, 2.24) is 9.55 Å². The fourth-order valence-electron chi connectivity index (χ4n) is 2.13. The highest BCUT2D eigenvalue weighted by Crippen LogP contribution is 2.27. The summed E-state index contributed by atoms with van der Waals surface area (Å²) < 4.78 is 40.1. The van der Waals surface area contributed by atoms with Crippen LogP contribution in [0.15, 0.2) is 12.1 Å². The molecule has 2 atom stereocenters. The molecular weight excluding hydrogens is 306 g/mol. The molecule has 0 fully saturated rings. The molecule has 2 aromatic rings. The minimum absolute atomic E-state index is 0.120. The Balaban J connectivity index is 2.49. The van der Waals surface area contributed by atoms with Gasteiger partial charge in [0.05, 0.1) is 10.9 Å². The van der Waals surface area contributed by atoms with E-state index in [4.69, 9.17) is 11.6 Å². The van der Waals surface area contributed by atoms with Gasteiger partial charge in [0.2, 0.25) is 0 Å². The summed E-state index contributed by atoms with van der Waals surface area (Å²) in [6.45, 7) is 2.13. The summed E-state index contributed by atoms with van der Waals surface area (Å²) >= 11 is 6.05. The number of halogens is 3. The van der Waals surface area contributed by atoms with Gasteiger partial charge in [0.25, 0.3) is 0 Å². The quantitative estimate of drug-likeness (QED) is 0.792. The molecule has 2 rings (SSSR count). The van der Waals surface area contributed by atoms with E-state index in [1.807, 2.05) is 0 Å². The van der Waals surface area contributed by atoms with Gasteiger partial charge in [0.1, 0.15) is 11.3 Å². The standard InChI is InChI=1S/C13H15ClF2N2OS/c1-8(14)13-17-10-5-4-9(15)11(16)12(10)18(13)6-3-7-20(2)19/h4-5,8H,3,6-7H2,1-2H3. The average molecular weight is 321 g/mol. The lowest BCUT2D eigenvalue weighted by Gasteiger charge is -2.10. The third-order valence-electron chi connectivity index (χ3n) is 3.00. The number of imidazole rings is 1. The summed E-state index contributed by atoms with van der Waals surface area (Å²) in [5.74, 6) is -0.845. The van der Waals surface area contributed by atoms with Crippen molar-refractivity contribution >= 4 is 33.4 Å². The predicted octanol–water partition coefficient (Wildman–Crippen LogP) is 3.38. The summed E-state index contributed by atoms with van der Waals surface area (Å²) in [5.41, 5.74) is 0.499. The van der Waals surface area contributed by atoms with E-state index < -0.39 is 27.8 Å². The number of hydrogen-bond donors (Lipinski definition) is 0. The molecule has 1 heterocycles. The maximum atomic E-state index is 14.0. The van der Waals surface area contributed by atoms with Gasteiger partial charge in [-0.15, -0.1) is 11.6 Å². The Hall–Kier alpha value is -1.01. The number of fused-ring (bicyclic) bond motifs is 1. The molecule has 7 heteroatoms. The molecule has 1 aromatic carbocycles. The van der Waals surface area contributed by atoms with Crippen LogP contribution >= 0.6 is 11.6 Å². The van der Waals surface area contributed by atoms with Crippen LogP contribution in [0.2, 0.25) is 0 Å². The predicted molar refractivity (Wildman–Crippen MR) is 77.5 cm³/mol. The minimum Gasteiger partial charge on any atom is -0.324 e. The van der Waals surface area contributed by atoms with Gasteiger partial charge in [-0.2, -0.15) is 0 Å². The minimum atomic E-state index is -0.922. The molecule has 0 saturated heterocycles. The van der Waals surface area contributed by atoms with Gasteiger partial charge in [0, 0.05) is 29.4 Å². The Kier molecular flexibility index (Phi) is 4.75. The van der Waals surface area contributed by atoms with Gasteiger partial charge in [-0.05, 0) is 25.5 Å². The number of rotatable bonds is 5. The summed E-state index contributed by atoms with van der Waals surface area (Å²) in [6, 6.07) is 2.49. The lowest BCUT2D eigenvalue weighted by Crippen LogP contribution is -2.08. The molecular formula is C13H15ClF2N2OS. The van der Waals surface area contributed by atoms with E-state index in [9.17, 15) is 13.0 Å². The maximum Gasteiger partial charge on any atom is 0.184 e. The molecule has 0 aliphatic rings. The Morgan fingerprint density at radius 1 is 1.45 bits per heavy atom. The highest BCUT2D eigenvalue weighted by molar-refractivity contribution is 7.84. The third kappa shape index (κ3) is 3.01. The molecule has 0 saturated carbocycles. The zero-order valence-electron chi connectivity index (χ0n) is 11.2. The molecule has 20 heavy (non-hydrogen) atoms. The second-order valence-corrected chi connectivity index (χ2v) is 6.81. The van der Waals surface area contributed by atoms with Crippen LogP contribution in [0.5, 0.6) is 0 Å². The van der Waals surface area contributed by atoms with Crippen molar-refractivity contribution in [1.29, 1.82) is 0 Å². The zero-order valence-corrected chi connectivity index (χ0v) is 12.8. The lowest BCUT2D eigenvalue weighted by molar-refractivity contribution is 0.509. The summed E-state index contributed by atoms with van der Waals surface area (Å²) in [5, 5.41) is -0.419. The largest absolute Gasteiger partial charge is 0.324 e. The monoisotopic (exact) mass is 320 g/mol. The van der Waals surface area contributed by atoms with Crippen LogP contribution in [-0.4, -0.2) is 25.8 Å². The van der Waals surface area contributed by atoms with Crippen LogP contribution in [0, 0.1) is 11.6 Å². The normalized spacial score (nSPS) is 14.7. The molecule has 0 radical (unpaired) electrons. The summed E-state index contributed by atoms with van der Waals surface area (Å²) in [6.07, 6.45) is 2.19. The fraction of sp³-hybridized carbons (Fsp3) is 0.462. The van der Waals surface area contributed by atoms with Crippen molar-refractivity contribution in [3.05, 3.63) is 29.6 Å². The summed E-state index contributed by atoms with van der Waals surface area (Å²) in [4.78, 5) is 4.26. The highest BCUT2D eigenvalue weighted by Gasteiger charge is 2.19. The van der Waals surface area contributed by atoms with E-state index in [2.05, 4.69) is 4.98 Å². The van der Waals surface area contributed by atoms with Gasteiger partial charge in [-0.1, -0.05) is 0 Å². The smallest absolute Gasteiger partial charge is 0.184 e. The Morgan fingerprint density at radius 3 is 2.75 bits per heavy atom. The highest BCUT2D eigenvalue weighted by atomic mass is 35.5. The van der Waals surface area contributed by atoms with Crippen LogP contribution in [0.3, 0.4) is 0 Å². The van der Waals surface area contributed by atoms with Crippen molar-refractivity contribution in [3.63, 3.8) is 0 Å². The molecule has 110 valence electrons. The van der Waals surface area contributed by atoms with Crippen molar-refractivity contribution in [3.8, 4) is 0 Å². The van der Waals surface area contributed by atoms with E-state index in [1.54, 1.807) is 17.7 Å². The van der Waals surface area contributed by atoms with Crippen molar-refractivity contribution in [2.45, 2.75) is 25.3 Å². The van der Waals surface area contributed by atoms with Gasteiger partial charge in [-0.3, -0.25) is 4.21 Å². The topological polar surface area (TPSA) is 34.9 Å². The van der Waals surface area contributed by atoms with Crippen LogP contribution in [0.1, 0.15) is 24.5 Å². The molecule has 0 aliphatic carbocycles. The molecule has 3 nitrogen and oxygen atoms in total. The number of nitrogens with zero attached hydrogens (tertiary/aromatic N) is 2. The van der Waals surface area contributed by atoms with E-state index in [1.165, 1.54) is 6.07 Å². The lowest BCUT2D eigenvalue weighted by atomic mass is 10.3. The number of benzene rings is 1. The average Bonchev–Trinajstić information content (AvgIpc) is 2.73. The Bertz CT molecular complexity index is 657. The zero-order chi connectivity index (χ0) is 14.9. The second-order valence-electron chi connectivity index (χ2n) is 4.60. The number of alkyl halides is 1. The first-order chi connectivity index (χ1) is 9.41. The summed E-state index contributed by atoms with van der Waals surface area (Å²) in [7, 11) is -0.922. The SMILES string of the molecule is CC(Cl)c1nc2ccc(F)c(F)c2n1CCCS(C)=O. The molecule has 0 spiro atoms. The molecule has 2 unspecified atom stereocenters. The molecule has 0 amide bonds.